The molecule has 0 amide bonds. The molecule has 0 fully saturated rings. The minimum Gasteiger partial charge on any atom is -0.444 e. The van der Waals surface area contributed by atoms with E-state index in [0.29, 0.717) is 27.5 Å². The Morgan fingerprint density at radius 2 is 2.12 bits per heavy atom. The smallest absolute Gasteiger partial charge is 0.276 e. The molecule has 0 saturated carbocycles. The predicted molar refractivity (Wildman–Crippen MR) is 89.8 cm³/mol. The Labute approximate surface area is 141 Å². The summed E-state index contributed by atoms with van der Waals surface area (Å²) in [5.74, 6) is 0.447. The van der Waals surface area contributed by atoms with Crippen LogP contribution in [0.15, 0.2) is 64.3 Å². The molecule has 4 aromatic rings. The van der Waals surface area contributed by atoms with E-state index >= 15 is 0 Å². The van der Waals surface area contributed by atoms with Gasteiger partial charge in [-0.25, -0.2) is 9.67 Å². The summed E-state index contributed by atoms with van der Waals surface area (Å²) in [6.45, 7) is 0.216. The highest BCUT2D eigenvalue weighted by atomic mass is 35.5. The highest BCUT2D eigenvalue weighted by molar-refractivity contribution is 6.30. The number of hydrogen-bond acceptors (Lipinski definition) is 5. The summed E-state index contributed by atoms with van der Waals surface area (Å²) in [6.07, 6.45) is 4.70. The van der Waals surface area contributed by atoms with E-state index in [1.165, 1.54) is 10.9 Å². The van der Waals surface area contributed by atoms with E-state index in [1.807, 2.05) is 12.1 Å². The summed E-state index contributed by atoms with van der Waals surface area (Å²) in [6, 6.07) is 10.7. The van der Waals surface area contributed by atoms with E-state index in [4.69, 9.17) is 16.0 Å². The zero-order chi connectivity index (χ0) is 16.5. The lowest BCUT2D eigenvalue weighted by atomic mass is 10.2. The molecule has 0 aliphatic carbocycles. The zero-order valence-corrected chi connectivity index (χ0v) is 13.1. The van der Waals surface area contributed by atoms with Gasteiger partial charge in [-0.3, -0.25) is 9.78 Å². The number of aromatic nitrogens is 4. The fraction of sp³-hybridized carbons (Fsp3) is 0.0588. The maximum atomic E-state index is 12.4. The first kappa shape index (κ1) is 14.6. The molecule has 0 bridgehead atoms. The maximum absolute atomic E-state index is 12.4. The van der Waals surface area contributed by atoms with Gasteiger partial charge in [-0.15, -0.1) is 0 Å². The SMILES string of the molecule is O=c1c2cccnc2cnn1Cc1coc(-c2cccc(Cl)c2)n1. The molecule has 118 valence electrons. The van der Waals surface area contributed by atoms with Gasteiger partial charge in [-0.05, 0) is 30.3 Å². The third-order valence-corrected chi connectivity index (χ3v) is 3.79. The number of rotatable bonds is 3. The molecule has 0 spiro atoms. The van der Waals surface area contributed by atoms with Crippen LogP contribution in [-0.2, 0) is 6.54 Å². The average molecular weight is 339 g/mol. The van der Waals surface area contributed by atoms with Gasteiger partial charge in [-0.2, -0.15) is 5.10 Å². The number of nitrogens with zero attached hydrogens (tertiary/aromatic N) is 4. The molecule has 0 saturated heterocycles. The van der Waals surface area contributed by atoms with Crippen molar-refractivity contribution in [2.75, 3.05) is 0 Å². The monoisotopic (exact) mass is 338 g/mol. The van der Waals surface area contributed by atoms with Crippen molar-refractivity contribution in [3.8, 4) is 11.5 Å². The van der Waals surface area contributed by atoms with Crippen molar-refractivity contribution in [2.24, 2.45) is 0 Å². The third-order valence-electron chi connectivity index (χ3n) is 3.56. The van der Waals surface area contributed by atoms with Gasteiger partial charge in [0.15, 0.2) is 0 Å². The van der Waals surface area contributed by atoms with E-state index in [1.54, 1.807) is 36.7 Å². The summed E-state index contributed by atoms with van der Waals surface area (Å²) < 4.78 is 6.82. The second-order valence-corrected chi connectivity index (χ2v) is 5.63. The van der Waals surface area contributed by atoms with Gasteiger partial charge in [0, 0.05) is 16.8 Å². The van der Waals surface area contributed by atoms with Crippen LogP contribution in [0.1, 0.15) is 5.69 Å². The molecule has 3 aromatic heterocycles. The number of halogens is 1. The highest BCUT2D eigenvalue weighted by Crippen LogP contribution is 2.22. The Morgan fingerprint density at radius 1 is 1.21 bits per heavy atom. The van der Waals surface area contributed by atoms with Crippen molar-refractivity contribution in [1.29, 1.82) is 0 Å². The van der Waals surface area contributed by atoms with Crippen molar-refractivity contribution in [3.63, 3.8) is 0 Å². The normalized spacial score (nSPS) is 11.0. The van der Waals surface area contributed by atoms with E-state index in [0.717, 1.165) is 5.56 Å². The van der Waals surface area contributed by atoms with Gasteiger partial charge >= 0.3 is 0 Å². The topological polar surface area (TPSA) is 73.8 Å². The summed E-state index contributed by atoms with van der Waals surface area (Å²) >= 11 is 5.98. The number of hydrogen-bond donors (Lipinski definition) is 0. The molecule has 1 aromatic carbocycles. The first-order chi connectivity index (χ1) is 11.7. The fourth-order valence-corrected chi connectivity index (χ4v) is 2.61. The van der Waals surface area contributed by atoms with Gasteiger partial charge in [0.05, 0.1) is 23.6 Å². The van der Waals surface area contributed by atoms with E-state index in [2.05, 4.69) is 15.1 Å². The molecule has 0 N–H and O–H groups in total. The molecule has 0 aliphatic rings. The third kappa shape index (κ3) is 2.68. The molecule has 0 aliphatic heterocycles. The first-order valence-electron chi connectivity index (χ1n) is 7.22. The Kier molecular flexibility index (Phi) is 3.59. The molecule has 4 rings (SSSR count). The van der Waals surface area contributed by atoms with Crippen LogP contribution in [0.4, 0.5) is 0 Å². The van der Waals surface area contributed by atoms with Crippen LogP contribution in [0.25, 0.3) is 22.4 Å². The molecule has 0 radical (unpaired) electrons. The average Bonchev–Trinajstić information content (AvgIpc) is 3.06. The van der Waals surface area contributed by atoms with Crippen molar-refractivity contribution in [2.45, 2.75) is 6.54 Å². The van der Waals surface area contributed by atoms with Crippen LogP contribution in [0.3, 0.4) is 0 Å². The van der Waals surface area contributed by atoms with Gasteiger partial charge < -0.3 is 4.42 Å². The van der Waals surface area contributed by atoms with Crippen molar-refractivity contribution in [3.05, 3.63) is 76.1 Å². The quantitative estimate of drug-likeness (QED) is 0.573. The Hall–Kier alpha value is -2.99. The standard InChI is InChI=1S/C17H11ClN4O2/c18-12-4-1-3-11(7-12)16-21-13(10-24-16)9-22-17(23)14-5-2-6-19-15(14)8-20-22/h1-8,10H,9H2. The Morgan fingerprint density at radius 3 is 3.00 bits per heavy atom. The van der Waals surface area contributed by atoms with Crippen molar-refractivity contribution < 1.29 is 4.42 Å². The molecule has 0 atom stereocenters. The fourth-order valence-electron chi connectivity index (χ4n) is 2.42. The Balaban J connectivity index is 1.67. The van der Waals surface area contributed by atoms with Crippen molar-refractivity contribution in [1.82, 2.24) is 19.7 Å². The first-order valence-corrected chi connectivity index (χ1v) is 7.60. The lowest BCUT2D eigenvalue weighted by molar-refractivity contribution is 0.567. The number of oxazole rings is 1. The van der Waals surface area contributed by atoms with E-state index < -0.39 is 0 Å². The summed E-state index contributed by atoms with van der Waals surface area (Å²) in [5.41, 5.74) is 1.73. The van der Waals surface area contributed by atoms with Gasteiger partial charge in [0.25, 0.3) is 5.56 Å². The summed E-state index contributed by atoms with van der Waals surface area (Å²) in [7, 11) is 0. The van der Waals surface area contributed by atoms with E-state index in [9.17, 15) is 4.79 Å². The van der Waals surface area contributed by atoms with E-state index in [-0.39, 0.29) is 12.1 Å². The van der Waals surface area contributed by atoms with Crippen LogP contribution in [0.5, 0.6) is 0 Å². The molecule has 0 unspecified atom stereocenters. The number of benzene rings is 1. The van der Waals surface area contributed by atoms with Crippen molar-refractivity contribution >= 4 is 22.5 Å². The summed E-state index contributed by atoms with van der Waals surface area (Å²) in [5, 5.41) is 5.26. The second-order valence-electron chi connectivity index (χ2n) is 5.20. The van der Waals surface area contributed by atoms with Gasteiger partial charge in [-0.1, -0.05) is 17.7 Å². The second kappa shape index (κ2) is 5.90. The number of fused-ring (bicyclic) bond motifs is 1. The number of pyridine rings is 1. The lowest BCUT2D eigenvalue weighted by Gasteiger charge is -2.02. The lowest BCUT2D eigenvalue weighted by Crippen LogP contribution is -2.23. The molecule has 24 heavy (non-hydrogen) atoms. The van der Waals surface area contributed by atoms with Gasteiger partial charge in [0.1, 0.15) is 12.0 Å². The van der Waals surface area contributed by atoms with Crippen LogP contribution in [0.2, 0.25) is 5.02 Å². The summed E-state index contributed by atoms with van der Waals surface area (Å²) in [4.78, 5) is 21.0. The minimum atomic E-state index is -0.215. The molecule has 3 heterocycles. The minimum absolute atomic E-state index is 0.215. The van der Waals surface area contributed by atoms with Gasteiger partial charge in [0.2, 0.25) is 5.89 Å². The highest BCUT2D eigenvalue weighted by Gasteiger charge is 2.10. The molecule has 6 nitrogen and oxygen atoms in total. The van der Waals surface area contributed by atoms with Crippen LogP contribution in [0, 0.1) is 0 Å². The van der Waals surface area contributed by atoms with Crippen LogP contribution >= 0.6 is 11.6 Å². The molecule has 7 heteroatoms. The van der Waals surface area contributed by atoms with Crippen LogP contribution in [-0.4, -0.2) is 19.7 Å². The predicted octanol–water partition coefficient (Wildman–Crippen LogP) is 3.15. The molecular formula is C17H11ClN4O2. The maximum Gasteiger partial charge on any atom is 0.276 e. The Bertz CT molecular complexity index is 1090. The van der Waals surface area contributed by atoms with Crippen LogP contribution < -0.4 is 5.56 Å². The largest absolute Gasteiger partial charge is 0.444 e. The zero-order valence-electron chi connectivity index (χ0n) is 12.4. The molecular weight excluding hydrogens is 328 g/mol.